The summed E-state index contributed by atoms with van der Waals surface area (Å²) < 4.78 is 10.2. The van der Waals surface area contributed by atoms with Crippen LogP contribution in [0, 0.1) is 0 Å². The normalized spacial score (nSPS) is 9.72. The first-order valence-electron chi connectivity index (χ1n) is 5.20. The van der Waals surface area contributed by atoms with Crippen molar-refractivity contribution in [2.75, 3.05) is 25.4 Å². The van der Waals surface area contributed by atoms with Crippen LogP contribution in [0.25, 0.3) is 0 Å². The minimum absolute atomic E-state index is 0.167. The minimum atomic E-state index is -0.409. The number of anilines is 1. The van der Waals surface area contributed by atoms with Crippen molar-refractivity contribution in [3.05, 3.63) is 18.2 Å². The fourth-order valence-corrected chi connectivity index (χ4v) is 1.44. The number of ether oxygens (including phenoxy) is 2. The van der Waals surface area contributed by atoms with Gasteiger partial charge in [-0.15, -0.1) is 11.6 Å². The van der Waals surface area contributed by atoms with E-state index >= 15 is 0 Å². The lowest BCUT2D eigenvalue weighted by molar-refractivity contribution is -0.124. The molecule has 0 atom stereocenters. The van der Waals surface area contributed by atoms with E-state index in [4.69, 9.17) is 21.1 Å². The number of halogens is 1. The summed E-state index contributed by atoms with van der Waals surface area (Å²) in [6.45, 7) is 0. The van der Waals surface area contributed by atoms with Gasteiger partial charge in [0.25, 0.3) is 0 Å². The average molecular weight is 272 g/mol. The molecule has 1 N–H and O–H groups in total. The number of methoxy groups -OCH3 is 2. The third kappa shape index (κ3) is 3.92. The van der Waals surface area contributed by atoms with Gasteiger partial charge in [-0.05, 0) is 12.1 Å². The zero-order valence-corrected chi connectivity index (χ0v) is 10.9. The number of rotatable bonds is 6. The van der Waals surface area contributed by atoms with Gasteiger partial charge >= 0.3 is 0 Å². The third-order valence-corrected chi connectivity index (χ3v) is 2.47. The first-order chi connectivity index (χ1) is 8.60. The van der Waals surface area contributed by atoms with Crippen LogP contribution >= 0.6 is 11.6 Å². The molecule has 1 aromatic carbocycles. The standard InChI is InChI=1S/C12H14ClNO4/c1-17-10-4-3-8(5-11(10)18-2)14-12(16)6-9(15)7-13/h3-5H,6-7H2,1-2H3,(H,14,16). The maximum Gasteiger partial charge on any atom is 0.231 e. The van der Waals surface area contributed by atoms with Gasteiger partial charge in [0.2, 0.25) is 5.91 Å². The maximum atomic E-state index is 11.5. The number of amides is 1. The van der Waals surface area contributed by atoms with Crippen LogP contribution in [-0.2, 0) is 9.59 Å². The molecule has 1 amide bonds. The molecule has 0 fully saturated rings. The molecule has 0 radical (unpaired) electrons. The molecule has 0 unspecified atom stereocenters. The van der Waals surface area contributed by atoms with Crippen LogP contribution in [0.1, 0.15) is 6.42 Å². The fraction of sp³-hybridized carbons (Fsp3) is 0.333. The zero-order valence-electron chi connectivity index (χ0n) is 10.2. The zero-order chi connectivity index (χ0) is 13.5. The summed E-state index contributed by atoms with van der Waals surface area (Å²) in [5, 5.41) is 2.58. The molecule has 98 valence electrons. The second-order valence-electron chi connectivity index (χ2n) is 3.47. The Kier molecular flexibility index (Phi) is 5.45. The van der Waals surface area contributed by atoms with Gasteiger partial charge in [-0.2, -0.15) is 0 Å². The fourth-order valence-electron chi connectivity index (χ4n) is 1.35. The van der Waals surface area contributed by atoms with Crippen LogP contribution in [0.3, 0.4) is 0 Å². The van der Waals surface area contributed by atoms with Crippen molar-refractivity contribution in [1.82, 2.24) is 0 Å². The van der Waals surface area contributed by atoms with E-state index in [1.807, 2.05) is 0 Å². The van der Waals surface area contributed by atoms with Gasteiger partial charge in [0.15, 0.2) is 17.3 Å². The van der Waals surface area contributed by atoms with Crippen LogP contribution in [0.2, 0.25) is 0 Å². The number of hydrogen-bond acceptors (Lipinski definition) is 4. The molecule has 18 heavy (non-hydrogen) atoms. The highest BCUT2D eigenvalue weighted by Gasteiger charge is 2.10. The Morgan fingerprint density at radius 2 is 1.89 bits per heavy atom. The van der Waals surface area contributed by atoms with E-state index in [0.717, 1.165) is 0 Å². The number of hydrogen-bond donors (Lipinski definition) is 1. The summed E-state index contributed by atoms with van der Waals surface area (Å²) in [6, 6.07) is 4.93. The van der Waals surface area contributed by atoms with Gasteiger partial charge in [-0.25, -0.2) is 0 Å². The van der Waals surface area contributed by atoms with Crippen molar-refractivity contribution in [3.63, 3.8) is 0 Å². The van der Waals surface area contributed by atoms with E-state index < -0.39 is 5.91 Å². The van der Waals surface area contributed by atoms with Crippen molar-refractivity contribution >= 4 is 29.0 Å². The molecule has 0 spiro atoms. The molecule has 0 heterocycles. The molecule has 0 aliphatic carbocycles. The molecule has 0 aromatic heterocycles. The lowest BCUT2D eigenvalue weighted by atomic mass is 10.2. The molecule has 5 nitrogen and oxygen atoms in total. The Bertz CT molecular complexity index is 448. The third-order valence-electron chi connectivity index (χ3n) is 2.17. The second kappa shape index (κ2) is 6.86. The molecular formula is C12H14ClNO4. The van der Waals surface area contributed by atoms with Gasteiger partial charge in [0, 0.05) is 11.8 Å². The smallest absolute Gasteiger partial charge is 0.231 e. The lowest BCUT2D eigenvalue weighted by Crippen LogP contribution is -2.17. The quantitative estimate of drug-likeness (QED) is 0.633. The van der Waals surface area contributed by atoms with E-state index in [1.54, 1.807) is 18.2 Å². The van der Waals surface area contributed by atoms with Gasteiger partial charge in [0.1, 0.15) is 0 Å². The van der Waals surface area contributed by atoms with Gasteiger partial charge in [-0.3, -0.25) is 9.59 Å². The molecule has 1 aromatic rings. The molecule has 0 aliphatic heterocycles. The van der Waals surface area contributed by atoms with E-state index in [0.29, 0.717) is 17.2 Å². The largest absolute Gasteiger partial charge is 0.493 e. The molecule has 0 bridgehead atoms. The molecule has 1 rings (SSSR count). The Morgan fingerprint density at radius 1 is 1.22 bits per heavy atom. The van der Waals surface area contributed by atoms with Crippen molar-refractivity contribution < 1.29 is 19.1 Å². The number of nitrogens with one attached hydrogen (secondary N) is 1. The summed E-state index contributed by atoms with van der Waals surface area (Å²) >= 11 is 5.32. The van der Waals surface area contributed by atoms with Gasteiger partial charge < -0.3 is 14.8 Å². The highest BCUT2D eigenvalue weighted by molar-refractivity contribution is 6.29. The number of carbonyl (C=O) groups excluding carboxylic acids is 2. The van der Waals surface area contributed by atoms with Crippen molar-refractivity contribution in [2.45, 2.75) is 6.42 Å². The molecule has 0 saturated heterocycles. The van der Waals surface area contributed by atoms with E-state index in [-0.39, 0.29) is 18.1 Å². The minimum Gasteiger partial charge on any atom is -0.493 e. The highest BCUT2D eigenvalue weighted by Crippen LogP contribution is 2.29. The van der Waals surface area contributed by atoms with Crippen LogP contribution in [0.5, 0.6) is 11.5 Å². The molecule has 0 saturated carbocycles. The summed E-state index contributed by atoms with van der Waals surface area (Å²) in [4.78, 5) is 22.5. The number of Topliss-reactive ketones (excluding diaryl/α,β-unsaturated/α-hetero) is 1. The summed E-state index contributed by atoms with van der Waals surface area (Å²) in [7, 11) is 3.02. The lowest BCUT2D eigenvalue weighted by Gasteiger charge is -2.10. The molecule has 0 aliphatic rings. The van der Waals surface area contributed by atoms with Crippen molar-refractivity contribution in [1.29, 1.82) is 0 Å². The number of benzene rings is 1. The van der Waals surface area contributed by atoms with Crippen LogP contribution in [0.15, 0.2) is 18.2 Å². The highest BCUT2D eigenvalue weighted by atomic mass is 35.5. The first kappa shape index (κ1) is 14.3. The number of alkyl halides is 1. The molecular weight excluding hydrogens is 258 g/mol. The van der Waals surface area contributed by atoms with E-state index in [2.05, 4.69) is 5.32 Å². The van der Waals surface area contributed by atoms with Gasteiger partial charge in [0.05, 0.1) is 26.5 Å². The molecule has 6 heteroatoms. The van der Waals surface area contributed by atoms with Crippen LogP contribution in [0.4, 0.5) is 5.69 Å². The SMILES string of the molecule is COc1ccc(NC(=O)CC(=O)CCl)cc1OC. The van der Waals surface area contributed by atoms with Crippen molar-refractivity contribution in [3.8, 4) is 11.5 Å². The Balaban J connectivity index is 2.73. The van der Waals surface area contributed by atoms with E-state index in [1.165, 1.54) is 14.2 Å². The number of ketones is 1. The average Bonchev–Trinajstić information content (AvgIpc) is 2.38. The summed E-state index contributed by atoms with van der Waals surface area (Å²) in [5.41, 5.74) is 0.528. The van der Waals surface area contributed by atoms with E-state index in [9.17, 15) is 9.59 Å². The maximum absolute atomic E-state index is 11.5. The van der Waals surface area contributed by atoms with Crippen LogP contribution in [-0.4, -0.2) is 31.8 Å². The van der Waals surface area contributed by atoms with Crippen LogP contribution < -0.4 is 14.8 Å². The van der Waals surface area contributed by atoms with Gasteiger partial charge in [-0.1, -0.05) is 0 Å². The number of carbonyl (C=O) groups is 2. The second-order valence-corrected chi connectivity index (χ2v) is 3.73. The predicted octanol–water partition coefficient (Wildman–Crippen LogP) is 1.84. The first-order valence-corrected chi connectivity index (χ1v) is 5.73. The Morgan fingerprint density at radius 3 is 2.44 bits per heavy atom. The summed E-state index contributed by atoms with van der Waals surface area (Å²) in [6.07, 6.45) is -0.238. The topological polar surface area (TPSA) is 64.6 Å². The Hall–Kier alpha value is -1.75. The Labute approximate surface area is 110 Å². The monoisotopic (exact) mass is 271 g/mol. The van der Waals surface area contributed by atoms with Crippen molar-refractivity contribution in [2.24, 2.45) is 0 Å². The predicted molar refractivity (Wildman–Crippen MR) is 68.5 cm³/mol. The summed E-state index contributed by atoms with van der Waals surface area (Å²) in [5.74, 6) is 0.160.